The summed E-state index contributed by atoms with van der Waals surface area (Å²) in [5, 5.41) is 2.03. The normalized spacial score (nSPS) is 10.5. The molecule has 1 heterocycles. The quantitative estimate of drug-likeness (QED) is 0.826. The summed E-state index contributed by atoms with van der Waals surface area (Å²) in [7, 11) is 1.79. The van der Waals surface area contributed by atoms with Crippen LogP contribution in [0.1, 0.15) is 20.8 Å². The van der Waals surface area contributed by atoms with E-state index in [0.29, 0.717) is 12.1 Å². The van der Waals surface area contributed by atoms with Crippen LogP contribution in [0.3, 0.4) is 0 Å². The highest BCUT2D eigenvalue weighted by Crippen LogP contribution is 2.24. The van der Waals surface area contributed by atoms with Gasteiger partial charge in [-0.05, 0) is 36.1 Å². The molecule has 6 heteroatoms. The van der Waals surface area contributed by atoms with E-state index in [-0.39, 0.29) is 11.7 Å². The van der Waals surface area contributed by atoms with Crippen LogP contribution < -0.4 is 5.73 Å². The highest BCUT2D eigenvalue weighted by molar-refractivity contribution is 8.00. The van der Waals surface area contributed by atoms with E-state index in [1.807, 2.05) is 30.5 Å². The van der Waals surface area contributed by atoms with E-state index >= 15 is 0 Å². The topological polar surface area (TPSA) is 63.4 Å². The third-order valence-corrected chi connectivity index (χ3v) is 5.29. The molecule has 1 aromatic heterocycles. The molecule has 0 aliphatic heterocycles. The Morgan fingerprint density at radius 1 is 1.27 bits per heavy atom. The highest BCUT2D eigenvalue weighted by atomic mass is 32.2. The summed E-state index contributed by atoms with van der Waals surface area (Å²) in [6.07, 6.45) is 0. The Morgan fingerprint density at radius 2 is 2.00 bits per heavy atom. The van der Waals surface area contributed by atoms with E-state index < -0.39 is 5.91 Å². The Hall–Kier alpha value is -1.79. The third-order valence-electron chi connectivity index (χ3n) is 3.18. The number of nitrogens with zero attached hydrogens (tertiary/aromatic N) is 1. The van der Waals surface area contributed by atoms with Gasteiger partial charge in [-0.3, -0.25) is 9.59 Å². The zero-order chi connectivity index (χ0) is 16.1. The lowest BCUT2D eigenvalue weighted by molar-refractivity contribution is -0.115. The van der Waals surface area contributed by atoms with E-state index in [1.54, 1.807) is 29.4 Å². The van der Waals surface area contributed by atoms with Crippen LogP contribution in [0, 0.1) is 6.92 Å². The number of thiophene rings is 1. The number of carbonyl (C=O) groups is 2. The molecule has 0 fully saturated rings. The van der Waals surface area contributed by atoms with Crippen molar-refractivity contribution < 1.29 is 9.59 Å². The van der Waals surface area contributed by atoms with Gasteiger partial charge in [-0.1, -0.05) is 12.1 Å². The third kappa shape index (κ3) is 4.11. The SMILES string of the molecule is Cc1ccsc1CN(C)C(=O)c1ccccc1SCC(N)=O. The van der Waals surface area contributed by atoms with Gasteiger partial charge in [0.15, 0.2) is 0 Å². The van der Waals surface area contributed by atoms with Crippen LogP contribution in [-0.4, -0.2) is 29.5 Å². The maximum Gasteiger partial charge on any atom is 0.255 e. The number of primary amides is 1. The average Bonchev–Trinajstić information content (AvgIpc) is 2.90. The van der Waals surface area contributed by atoms with Gasteiger partial charge in [0, 0.05) is 16.8 Å². The fourth-order valence-corrected chi connectivity index (χ4v) is 3.72. The Bertz CT molecular complexity index is 682. The molecule has 0 saturated heterocycles. The number of hydrogen-bond donors (Lipinski definition) is 1. The number of benzene rings is 1. The lowest BCUT2D eigenvalue weighted by Crippen LogP contribution is -2.26. The summed E-state index contributed by atoms with van der Waals surface area (Å²) in [6, 6.07) is 9.35. The molecule has 2 aromatic rings. The van der Waals surface area contributed by atoms with Crippen molar-refractivity contribution >= 4 is 34.9 Å². The number of rotatable bonds is 6. The standard InChI is InChI=1S/C16H18N2O2S2/c1-11-7-8-21-14(11)9-18(2)16(20)12-5-3-4-6-13(12)22-10-15(17)19/h3-8H,9-10H2,1-2H3,(H2,17,19). The maximum atomic E-state index is 12.6. The minimum absolute atomic E-state index is 0.0552. The number of amides is 2. The average molecular weight is 334 g/mol. The van der Waals surface area contributed by atoms with Crippen LogP contribution in [0.2, 0.25) is 0 Å². The molecule has 0 spiro atoms. The van der Waals surface area contributed by atoms with Gasteiger partial charge >= 0.3 is 0 Å². The predicted octanol–water partition coefficient (Wildman–Crippen LogP) is 2.91. The first-order valence-electron chi connectivity index (χ1n) is 6.77. The van der Waals surface area contributed by atoms with Crippen LogP contribution in [0.25, 0.3) is 0 Å². The summed E-state index contributed by atoms with van der Waals surface area (Å²) < 4.78 is 0. The second kappa shape index (κ2) is 7.47. The molecule has 2 amide bonds. The molecule has 0 aliphatic carbocycles. The van der Waals surface area contributed by atoms with Crippen LogP contribution in [0.15, 0.2) is 40.6 Å². The van der Waals surface area contributed by atoms with Crippen LogP contribution in [-0.2, 0) is 11.3 Å². The van der Waals surface area contributed by atoms with Crippen LogP contribution in [0.4, 0.5) is 0 Å². The van der Waals surface area contributed by atoms with Crippen molar-refractivity contribution in [3.63, 3.8) is 0 Å². The van der Waals surface area contributed by atoms with Crippen molar-refractivity contribution in [2.24, 2.45) is 5.73 Å². The first-order chi connectivity index (χ1) is 10.5. The molecule has 2 N–H and O–H groups in total. The van der Waals surface area contributed by atoms with E-state index in [1.165, 1.54) is 22.2 Å². The maximum absolute atomic E-state index is 12.6. The fourth-order valence-electron chi connectivity index (χ4n) is 1.98. The zero-order valence-electron chi connectivity index (χ0n) is 12.5. The Labute approximate surface area is 138 Å². The Kier molecular flexibility index (Phi) is 5.63. The Morgan fingerprint density at radius 3 is 2.64 bits per heavy atom. The molecule has 4 nitrogen and oxygen atoms in total. The molecular formula is C16H18N2O2S2. The lowest BCUT2D eigenvalue weighted by Gasteiger charge is -2.18. The summed E-state index contributed by atoms with van der Waals surface area (Å²) in [5.74, 6) is -0.284. The Balaban J connectivity index is 2.14. The predicted molar refractivity (Wildman–Crippen MR) is 91.2 cm³/mol. The smallest absolute Gasteiger partial charge is 0.255 e. The van der Waals surface area contributed by atoms with Gasteiger partial charge < -0.3 is 10.6 Å². The van der Waals surface area contributed by atoms with Gasteiger partial charge in [-0.15, -0.1) is 23.1 Å². The second-order valence-electron chi connectivity index (χ2n) is 4.94. The summed E-state index contributed by atoms with van der Waals surface area (Å²) in [6.45, 7) is 2.62. The van der Waals surface area contributed by atoms with Crippen molar-refractivity contribution in [3.05, 3.63) is 51.7 Å². The monoisotopic (exact) mass is 334 g/mol. The van der Waals surface area contributed by atoms with E-state index in [4.69, 9.17) is 5.73 Å². The molecule has 0 unspecified atom stereocenters. The molecule has 22 heavy (non-hydrogen) atoms. The van der Waals surface area contributed by atoms with Crippen molar-refractivity contribution in [3.8, 4) is 0 Å². The number of hydrogen-bond acceptors (Lipinski definition) is 4. The first kappa shape index (κ1) is 16.6. The van der Waals surface area contributed by atoms with Crippen molar-refractivity contribution in [2.45, 2.75) is 18.4 Å². The van der Waals surface area contributed by atoms with E-state index in [9.17, 15) is 9.59 Å². The van der Waals surface area contributed by atoms with Gasteiger partial charge in [-0.25, -0.2) is 0 Å². The van der Waals surface area contributed by atoms with E-state index in [0.717, 1.165) is 4.90 Å². The van der Waals surface area contributed by atoms with Gasteiger partial charge in [0.2, 0.25) is 5.91 Å². The molecule has 2 rings (SSSR count). The highest BCUT2D eigenvalue weighted by Gasteiger charge is 2.17. The number of nitrogens with two attached hydrogens (primary N) is 1. The van der Waals surface area contributed by atoms with Gasteiger partial charge in [-0.2, -0.15) is 0 Å². The summed E-state index contributed by atoms with van der Waals surface area (Å²) in [5.41, 5.74) is 6.98. The molecule has 0 radical (unpaired) electrons. The minimum Gasteiger partial charge on any atom is -0.369 e. The molecular weight excluding hydrogens is 316 g/mol. The van der Waals surface area contributed by atoms with Gasteiger partial charge in [0.25, 0.3) is 5.91 Å². The number of thioether (sulfide) groups is 1. The fraction of sp³-hybridized carbons (Fsp3) is 0.250. The van der Waals surface area contributed by atoms with Crippen molar-refractivity contribution in [1.29, 1.82) is 0 Å². The van der Waals surface area contributed by atoms with Crippen molar-refractivity contribution in [1.82, 2.24) is 4.90 Å². The number of aryl methyl sites for hydroxylation is 1. The molecule has 0 atom stereocenters. The molecule has 116 valence electrons. The van der Waals surface area contributed by atoms with Crippen LogP contribution in [0.5, 0.6) is 0 Å². The summed E-state index contributed by atoms with van der Waals surface area (Å²) >= 11 is 2.94. The minimum atomic E-state index is -0.394. The van der Waals surface area contributed by atoms with E-state index in [2.05, 4.69) is 6.07 Å². The molecule has 1 aromatic carbocycles. The molecule has 0 bridgehead atoms. The van der Waals surface area contributed by atoms with Gasteiger partial charge in [0.05, 0.1) is 17.9 Å². The first-order valence-corrected chi connectivity index (χ1v) is 8.64. The number of carbonyl (C=O) groups excluding carboxylic acids is 2. The zero-order valence-corrected chi connectivity index (χ0v) is 14.2. The van der Waals surface area contributed by atoms with Crippen LogP contribution >= 0.6 is 23.1 Å². The lowest BCUT2D eigenvalue weighted by atomic mass is 10.2. The molecule has 0 saturated carbocycles. The van der Waals surface area contributed by atoms with Crippen molar-refractivity contribution in [2.75, 3.05) is 12.8 Å². The second-order valence-corrected chi connectivity index (χ2v) is 6.96. The molecule has 0 aliphatic rings. The summed E-state index contributed by atoms with van der Waals surface area (Å²) in [4.78, 5) is 27.2. The van der Waals surface area contributed by atoms with Gasteiger partial charge in [0.1, 0.15) is 0 Å². The largest absolute Gasteiger partial charge is 0.369 e.